The Morgan fingerprint density at radius 3 is 2.90 bits per heavy atom. The Morgan fingerprint density at radius 2 is 2.30 bits per heavy atom. The zero-order valence-electron chi connectivity index (χ0n) is 12.2. The van der Waals surface area contributed by atoms with Crippen molar-refractivity contribution in [2.75, 3.05) is 20.2 Å². The van der Waals surface area contributed by atoms with E-state index in [0.29, 0.717) is 17.2 Å². The van der Waals surface area contributed by atoms with Gasteiger partial charge >= 0.3 is 0 Å². The van der Waals surface area contributed by atoms with E-state index in [2.05, 4.69) is 12.2 Å². The lowest BCUT2D eigenvalue weighted by atomic mass is 9.76. The van der Waals surface area contributed by atoms with Gasteiger partial charge in [0.1, 0.15) is 11.5 Å². The number of Topliss-reactive ketones (excluding diaryl/α,β-unsaturated/α-hetero) is 1. The average molecular weight is 296 g/mol. The molecule has 1 aromatic carbocycles. The minimum absolute atomic E-state index is 0.206. The Morgan fingerprint density at radius 1 is 1.50 bits per heavy atom. The number of ether oxygens (including phenoxy) is 1. The van der Waals surface area contributed by atoms with Crippen LogP contribution < -0.4 is 10.1 Å². The van der Waals surface area contributed by atoms with E-state index in [1.807, 2.05) is 12.1 Å². The van der Waals surface area contributed by atoms with Crippen LogP contribution in [0.5, 0.6) is 5.75 Å². The van der Waals surface area contributed by atoms with Gasteiger partial charge in [0.2, 0.25) is 0 Å². The Kier molecular flexibility index (Phi) is 5.06. The average Bonchev–Trinajstić information content (AvgIpc) is 2.89. The second kappa shape index (κ2) is 6.59. The lowest BCUT2D eigenvalue weighted by Crippen LogP contribution is -2.34. The number of halogens is 1. The van der Waals surface area contributed by atoms with E-state index >= 15 is 0 Å². The van der Waals surface area contributed by atoms with Gasteiger partial charge in [-0.15, -0.1) is 0 Å². The number of hydrogen-bond acceptors (Lipinski definition) is 3. The molecule has 0 aromatic heterocycles. The maximum absolute atomic E-state index is 12.8. The van der Waals surface area contributed by atoms with E-state index in [4.69, 9.17) is 16.3 Å². The number of carbonyl (C=O) groups is 1. The SMILES string of the molecule is CCCC1(C(=O)Cc2cc(Cl)ccc2OC)CCNC1. The van der Waals surface area contributed by atoms with Crippen molar-refractivity contribution in [2.45, 2.75) is 32.6 Å². The topological polar surface area (TPSA) is 38.3 Å². The molecule has 0 aliphatic carbocycles. The van der Waals surface area contributed by atoms with Crippen LogP contribution >= 0.6 is 11.6 Å². The van der Waals surface area contributed by atoms with Crippen molar-refractivity contribution < 1.29 is 9.53 Å². The molecule has 2 rings (SSSR count). The van der Waals surface area contributed by atoms with Crippen molar-refractivity contribution in [1.82, 2.24) is 5.32 Å². The first-order valence-corrected chi connectivity index (χ1v) is 7.55. The molecule has 20 heavy (non-hydrogen) atoms. The fourth-order valence-electron chi connectivity index (χ4n) is 3.06. The molecule has 1 heterocycles. The van der Waals surface area contributed by atoms with Crippen LogP contribution in [0.2, 0.25) is 5.02 Å². The summed E-state index contributed by atoms with van der Waals surface area (Å²) in [6, 6.07) is 5.44. The van der Waals surface area contributed by atoms with Crippen molar-refractivity contribution in [3.05, 3.63) is 28.8 Å². The Bertz CT molecular complexity index is 481. The van der Waals surface area contributed by atoms with E-state index in [1.165, 1.54) is 0 Å². The summed E-state index contributed by atoms with van der Waals surface area (Å²) in [5, 5.41) is 3.97. The van der Waals surface area contributed by atoms with Gasteiger partial charge in [0.05, 0.1) is 7.11 Å². The van der Waals surface area contributed by atoms with Crippen LogP contribution in [0.3, 0.4) is 0 Å². The molecule has 1 N–H and O–H groups in total. The number of carbonyl (C=O) groups excluding carboxylic acids is 1. The van der Waals surface area contributed by atoms with E-state index in [1.54, 1.807) is 13.2 Å². The molecule has 1 atom stereocenters. The number of ketones is 1. The molecule has 110 valence electrons. The van der Waals surface area contributed by atoms with E-state index < -0.39 is 0 Å². The number of benzene rings is 1. The summed E-state index contributed by atoms with van der Waals surface area (Å²) in [6.07, 6.45) is 3.30. The van der Waals surface area contributed by atoms with E-state index in [9.17, 15) is 4.79 Å². The number of hydrogen-bond donors (Lipinski definition) is 1. The van der Waals surface area contributed by atoms with E-state index in [-0.39, 0.29) is 5.41 Å². The summed E-state index contributed by atoms with van der Waals surface area (Å²) < 4.78 is 5.33. The van der Waals surface area contributed by atoms with Gasteiger partial charge in [0.15, 0.2) is 0 Å². The number of methoxy groups -OCH3 is 1. The third kappa shape index (κ3) is 3.15. The molecular weight excluding hydrogens is 274 g/mol. The summed E-state index contributed by atoms with van der Waals surface area (Å²) >= 11 is 6.03. The molecule has 1 aromatic rings. The molecule has 0 spiro atoms. The Labute approximate surface area is 125 Å². The molecule has 1 aliphatic heterocycles. The second-order valence-electron chi connectivity index (χ2n) is 5.51. The third-order valence-electron chi connectivity index (χ3n) is 4.16. The fourth-order valence-corrected chi connectivity index (χ4v) is 3.25. The van der Waals surface area contributed by atoms with Gasteiger partial charge in [-0.3, -0.25) is 4.79 Å². The van der Waals surface area contributed by atoms with Crippen molar-refractivity contribution in [3.63, 3.8) is 0 Å². The second-order valence-corrected chi connectivity index (χ2v) is 5.95. The molecular formula is C16H22ClNO2. The minimum Gasteiger partial charge on any atom is -0.496 e. The Hall–Kier alpha value is -1.06. The monoisotopic (exact) mass is 295 g/mol. The maximum Gasteiger partial charge on any atom is 0.144 e. The highest BCUT2D eigenvalue weighted by Gasteiger charge is 2.39. The highest BCUT2D eigenvalue weighted by atomic mass is 35.5. The summed E-state index contributed by atoms with van der Waals surface area (Å²) in [5.74, 6) is 1.03. The van der Waals surface area contributed by atoms with Crippen LogP contribution in [0.25, 0.3) is 0 Å². The van der Waals surface area contributed by atoms with Crippen molar-refractivity contribution in [1.29, 1.82) is 0 Å². The molecule has 0 amide bonds. The first-order valence-electron chi connectivity index (χ1n) is 7.18. The molecule has 1 saturated heterocycles. The zero-order valence-corrected chi connectivity index (χ0v) is 12.9. The smallest absolute Gasteiger partial charge is 0.144 e. The van der Waals surface area contributed by atoms with Crippen LogP contribution in [0, 0.1) is 5.41 Å². The quantitative estimate of drug-likeness (QED) is 0.875. The standard InChI is InChI=1S/C16H22ClNO2/c1-3-6-16(7-8-18-11-16)15(19)10-12-9-13(17)4-5-14(12)20-2/h4-5,9,18H,3,6-8,10-11H2,1-2H3. The number of rotatable bonds is 6. The molecule has 0 bridgehead atoms. The molecule has 1 unspecified atom stereocenters. The molecule has 1 fully saturated rings. The van der Waals surface area contributed by atoms with Crippen LogP contribution in [-0.4, -0.2) is 26.0 Å². The van der Waals surface area contributed by atoms with Crippen LogP contribution in [0.4, 0.5) is 0 Å². The highest BCUT2D eigenvalue weighted by molar-refractivity contribution is 6.30. The van der Waals surface area contributed by atoms with Crippen molar-refractivity contribution in [2.24, 2.45) is 5.41 Å². The Balaban J connectivity index is 2.20. The van der Waals surface area contributed by atoms with Gasteiger partial charge in [0, 0.05) is 29.0 Å². The highest BCUT2D eigenvalue weighted by Crippen LogP contribution is 2.34. The van der Waals surface area contributed by atoms with Crippen LogP contribution in [0.1, 0.15) is 31.7 Å². The third-order valence-corrected chi connectivity index (χ3v) is 4.39. The van der Waals surface area contributed by atoms with Crippen molar-refractivity contribution >= 4 is 17.4 Å². The summed E-state index contributed by atoms with van der Waals surface area (Å²) in [7, 11) is 1.62. The van der Waals surface area contributed by atoms with Gasteiger partial charge in [0.25, 0.3) is 0 Å². The fraction of sp³-hybridized carbons (Fsp3) is 0.562. The van der Waals surface area contributed by atoms with Gasteiger partial charge in [-0.1, -0.05) is 24.9 Å². The molecule has 3 nitrogen and oxygen atoms in total. The maximum atomic E-state index is 12.8. The van der Waals surface area contributed by atoms with Gasteiger partial charge in [-0.2, -0.15) is 0 Å². The van der Waals surface area contributed by atoms with E-state index in [0.717, 1.165) is 43.7 Å². The lowest BCUT2D eigenvalue weighted by Gasteiger charge is -2.26. The van der Waals surface area contributed by atoms with Crippen molar-refractivity contribution in [3.8, 4) is 5.75 Å². The normalized spacial score (nSPS) is 21.9. The molecule has 0 radical (unpaired) electrons. The first-order chi connectivity index (χ1) is 9.61. The number of nitrogens with one attached hydrogen (secondary N) is 1. The van der Waals surface area contributed by atoms with Gasteiger partial charge < -0.3 is 10.1 Å². The van der Waals surface area contributed by atoms with Gasteiger partial charge in [-0.05, 0) is 37.6 Å². The molecule has 1 aliphatic rings. The predicted molar refractivity (Wildman–Crippen MR) is 81.5 cm³/mol. The lowest BCUT2D eigenvalue weighted by molar-refractivity contribution is -0.127. The largest absolute Gasteiger partial charge is 0.496 e. The van der Waals surface area contributed by atoms with Gasteiger partial charge in [-0.25, -0.2) is 0 Å². The summed E-state index contributed by atoms with van der Waals surface area (Å²) in [5.41, 5.74) is 0.676. The predicted octanol–water partition coefficient (Wildman–Crippen LogP) is 3.24. The molecule has 4 heteroatoms. The first kappa shape index (κ1) is 15.3. The summed E-state index contributed by atoms with van der Waals surface area (Å²) in [6.45, 7) is 3.86. The molecule has 0 saturated carbocycles. The van der Waals surface area contributed by atoms with Crippen LogP contribution in [0.15, 0.2) is 18.2 Å². The zero-order chi connectivity index (χ0) is 14.6. The van der Waals surface area contributed by atoms with Crippen LogP contribution in [-0.2, 0) is 11.2 Å². The summed E-state index contributed by atoms with van der Waals surface area (Å²) in [4.78, 5) is 12.8. The minimum atomic E-state index is -0.206.